The summed E-state index contributed by atoms with van der Waals surface area (Å²) < 4.78 is 5.52. The fourth-order valence-corrected chi connectivity index (χ4v) is 3.09. The lowest BCUT2D eigenvalue weighted by Gasteiger charge is -2.28. The van der Waals surface area contributed by atoms with Crippen molar-refractivity contribution in [3.05, 3.63) is 41.2 Å². The standard InChI is InChI=1S/C13H10O3S/c1-7-6-17-13-9-5-3-2-4-8(9)10(14)11(15)12(13)16-7/h2-5,7H,6H2,1H3. The zero-order valence-electron chi connectivity index (χ0n) is 9.23. The lowest BCUT2D eigenvalue weighted by Crippen LogP contribution is -2.30. The Morgan fingerprint density at radius 2 is 1.88 bits per heavy atom. The SMILES string of the molecule is CC1CSC2=C(O1)C(=O)C(=O)c1ccccc12. The van der Waals surface area contributed by atoms with E-state index in [0.717, 1.165) is 16.2 Å². The Morgan fingerprint density at radius 1 is 1.18 bits per heavy atom. The van der Waals surface area contributed by atoms with Crippen LogP contribution in [0, 0.1) is 0 Å². The van der Waals surface area contributed by atoms with E-state index in [9.17, 15) is 9.59 Å². The van der Waals surface area contributed by atoms with Crippen molar-refractivity contribution in [1.82, 2.24) is 0 Å². The van der Waals surface area contributed by atoms with Gasteiger partial charge in [-0.25, -0.2) is 0 Å². The molecule has 1 aliphatic carbocycles. The lowest BCUT2D eigenvalue weighted by molar-refractivity contribution is -0.115. The second-order valence-corrected chi connectivity index (χ2v) is 5.13. The second-order valence-electron chi connectivity index (χ2n) is 4.10. The van der Waals surface area contributed by atoms with Gasteiger partial charge >= 0.3 is 0 Å². The normalized spacial score (nSPS) is 23.0. The number of thioether (sulfide) groups is 1. The third kappa shape index (κ3) is 1.52. The van der Waals surface area contributed by atoms with E-state index in [-0.39, 0.29) is 11.9 Å². The molecule has 0 spiro atoms. The van der Waals surface area contributed by atoms with E-state index in [1.165, 1.54) is 0 Å². The molecule has 0 saturated carbocycles. The van der Waals surface area contributed by atoms with Crippen LogP contribution in [0.5, 0.6) is 0 Å². The number of hydrogen-bond acceptors (Lipinski definition) is 4. The van der Waals surface area contributed by atoms with Gasteiger partial charge < -0.3 is 4.74 Å². The number of hydrogen-bond donors (Lipinski definition) is 0. The monoisotopic (exact) mass is 246 g/mol. The van der Waals surface area contributed by atoms with Crippen LogP contribution in [0.15, 0.2) is 30.0 Å². The summed E-state index contributed by atoms with van der Waals surface area (Å²) in [6, 6.07) is 7.19. The van der Waals surface area contributed by atoms with Crippen molar-refractivity contribution in [2.45, 2.75) is 13.0 Å². The van der Waals surface area contributed by atoms with E-state index in [1.54, 1.807) is 23.9 Å². The van der Waals surface area contributed by atoms with E-state index < -0.39 is 11.6 Å². The summed E-state index contributed by atoms with van der Waals surface area (Å²) in [6.07, 6.45) is -0.0271. The number of carbonyl (C=O) groups is 2. The first-order valence-electron chi connectivity index (χ1n) is 5.40. The van der Waals surface area contributed by atoms with Crippen molar-refractivity contribution in [2.75, 3.05) is 5.75 Å². The Bertz CT molecular complexity index is 560. The van der Waals surface area contributed by atoms with E-state index in [0.29, 0.717) is 5.56 Å². The van der Waals surface area contributed by atoms with Gasteiger partial charge in [0.2, 0.25) is 5.78 Å². The molecule has 0 aromatic heterocycles. The lowest BCUT2D eigenvalue weighted by atomic mass is 9.94. The number of rotatable bonds is 0. The predicted molar refractivity (Wildman–Crippen MR) is 65.7 cm³/mol. The topological polar surface area (TPSA) is 43.4 Å². The zero-order valence-corrected chi connectivity index (χ0v) is 10.0. The molecule has 1 atom stereocenters. The molecule has 0 bridgehead atoms. The van der Waals surface area contributed by atoms with E-state index in [4.69, 9.17) is 4.74 Å². The molecule has 1 unspecified atom stereocenters. The highest BCUT2D eigenvalue weighted by Crippen LogP contribution is 2.41. The summed E-state index contributed by atoms with van der Waals surface area (Å²) in [4.78, 5) is 24.6. The minimum Gasteiger partial charge on any atom is -0.484 e. The molecule has 1 aromatic carbocycles. The van der Waals surface area contributed by atoms with Crippen LogP contribution < -0.4 is 0 Å². The van der Waals surface area contributed by atoms with Gasteiger partial charge in [0.1, 0.15) is 6.10 Å². The molecular formula is C13H10O3S. The van der Waals surface area contributed by atoms with E-state index in [1.807, 2.05) is 19.1 Å². The summed E-state index contributed by atoms with van der Waals surface area (Å²) in [7, 11) is 0. The average Bonchev–Trinajstić information content (AvgIpc) is 2.36. The van der Waals surface area contributed by atoms with Crippen molar-refractivity contribution in [2.24, 2.45) is 0 Å². The molecule has 0 amide bonds. The third-order valence-corrected chi connectivity index (χ3v) is 4.15. The average molecular weight is 246 g/mol. The fraction of sp³-hybridized carbons (Fsp3) is 0.231. The molecule has 1 aliphatic heterocycles. The van der Waals surface area contributed by atoms with Crippen molar-refractivity contribution in [3.8, 4) is 0 Å². The minimum atomic E-state index is -0.516. The van der Waals surface area contributed by atoms with Gasteiger partial charge in [-0.1, -0.05) is 24.3 Å². The highest BCUT2D eigenvalue weighted by Gasteiger charge is 2.37. The molecule has 0 N–H and O–H groups in total. The molecule has 4 heteroatoms. The molecule has 0 fully saturated rings. The van der Waals surface area contributed by atoms with Gasteiger partial charge in [0.05, 0.1) is 4.91 Å². The van der Waals surface area contributed by atoms with Gasteiger partial charge in [0.25, 0.3) is 5.78 Å². The Hall–Kier alpha value is -1.55. The second kappa shape index (κ2) is 3.74. The Balaban J connectivity index is 2.23. The number of ether oxygens (including phenoxy) is 1. The number of fused-ring (bicyclic) bond motifs is 2. The van der Waals surface area contributed by atoms with Crippen LogP contribution in [0.3, 0.4) is 0 Å². The largest absolute Gasteiger partial charge is 0.484 e. The van der Waals surface area contributed by atoms with Crippen molar-refractivity contribution >= 4 is 28.2 Å². The molecule has 2 aliphatic rings. The van der Waals surface area contributed by atoms with Gasteiger partial charge in [-0.05, 0) is 6.92 Å². The highest BCUT2D eigenvalue weighted by atomic mass is 32.2. The van der Waals surface area contributed by atoms with Crippen LogP contribution in [0.1, 0.15) is 22.8 Å². The minimum absolute atomic E-state index is 0.0271. The van der Waals surface area contributed by atoms with Crippen LogP contribution in [0.4, 0.5) is 0 Å². The number of allylic oxidation sites excluding steroid dienone is 1. The van der Waals surface area contributed by atoms with Crippen molar-refractivity contribution in [3.63, 3.8) is 0 Å². The number of carbonyl (C=O) groups excluding carboxylic acids is 2. The first kappa shape index (κ1) is 10.6. The van der Waals surface area contributed by atoms with E-state index in [2.05, 4.69) is 0 Å². The number of Topliss-reactive ketones (excluding diaryl/α,β-unsaturated/α-hetero) is 2. The molecule has 0 saturated heterocycles. The molecule has 3 nitrogen and oxygen atoms in total. The molecule has 0 radical (unpaired) electrons. The summed E-state index contributed by atoms with van der Waals surface area (Å²) >= 11 is 1.59. The van der Waals surface area contributed by atoms with Crippen LogP contribution in [0.2, 0.25) is 0 Å². The Kier molecular flexibility index (Phi) is 2.33. The molecule has 1 aromatic rings. The number of benzene rings is 1. The molecule has 86 valence electrons. The maximum absolute atomic E-state index is 11.9. The van der Waals surface area contributed by atoms with Crippen LogP contribution in [-0.4, -0.2) is 23.4 Å². The fourth-order valence-electron chi connectivity index (χ4n) is 2.02. The summed E-state index contributed by atoms with van der Waals surface area (Å²) in [5.41, 5.74) is 1.31. The van der Waals surface area contributed by atoms with Gasteiger partial charge in [0.15, 0.2) is 5.76 Å². The van der Waals surface area contributed by atoms with E-state index >= 15 is 0 Å². The molecular weight excluding hydrogens is 236 g/mol. The predicted octanol–water partition coefficient (Wildman–Crippen LogP) is 2.27. The Labute approximate surface area is 103 Å². The van der Waals surface area contributed by atoms with Crippen LogP contribution in [0.25, 0.3) is 4.91 Å². The molecule has 1 heterocycles. The molecule has 3 rings (SSSR count). The summed E-state index contributed by atoms with van der Waals surface area (Å²) in [5, 5.41) is 0. The molecule has 17 heavy (non-hydrogen) atoms. The maximum Gasteiger partial charge on any atom is 0.269 e. The van der Waals surface area contributed by atoms with Crippen LogP contribution in [-0.2, 0) is 9.53 Å². The first-order chi connectivity index (χ1) is 8.18. The van der Waals surface area contributed by atoms with Crippen molar-refractivity contribution in [1.29, 1.82) is 0 Å². The first-order valence-corrected chi connectivity index (χ1v) is 6.39. The van der Waals surface area contributed by atoms with Crippen LogP contribution >= 0.6 is 11.8 Å². The maximum atomic E-state index is 11.9. The quantitative estimate of drug-likeness (QED) is 0.659. The van der Waals surface area contributed by atoms with Gasteiger partial charge in [0, 0.05) is 16.9 Å². The third-order valence-electron chi connectivity index (χ3n) is 2.82. The summed E-state index contributed by atoms with van der Waals surface area (Å²) in [6.45, 7) is 1.90. The highest BCUT2D eigenvalue weighted by molar-refractivity contribution is 8.08. The smallest absolute Gasteiger partial charge is 0.269 e. The van der Waals surface area contributed by atoms with Gasteiger partial charge in [-0.2, -0.15) is 0 Å². The number of ketones is 2. The van der Waals surface area contributed by atoms with Gasteiger partial charge in [-0.15, -0.1) is 11.8 Å². The Morgan fingerprint density at radius 3 is 2.65 bits per heavy atom. The van der Waals surface area contributed by atoms with Crippen molar-refractivity contribution < 1.29 is 14.3 Å². The summed E-state index contributed by atoms with van der Waals surface area (Å²) in [5.74, 6) is 0.0542. The van der Waals surface area contributed by atoms with Gasteiger partial charge in [-0.3, -0.25) is 9.59 Å². The zero-order chi connectivity index (χ0) is 12.0.